The minimum absolute atomic E-state index is 0.456. The highest BCUT2D eigenvalue weighted by molar-refractivity contribution is 5.23. The van der Waals surface area contributed by atoms with Crippen molar-refractivity contribution in [3.05, 3.63) is 18.5 Å². The minimum Gasteiger partial charge on any atom is -0.352 e. The van der Waals surface area contributed by atoms with Crippen molar-refractivity contribution in [2.75, 3.05) is 5.32 Å². The Kier molecular flexibility index (Phi) is 3.51. The van der Waals surface area contributed by atoms with Crippen LogP contribution in [-0.4, -0.2) is 16.0 Å². The lowest BCUT2D eigenvalue weighted by Crippen LogP contribution is -2.16. The second-order valence-electron chi connectivity index (χ2n) is 2.91. The zero-order valence-electron chi connectivity index (χ0n) is 7.62. The summed E-state index contributed by atoms with van der Waals surface area (Å²) in [5, 5.41) is 3.22. The number of anilines is 1. The molecule has 1 heterocycles. The zero-order valence-corrected chi connectivity index (χ0v) is 7.62. The van der Waals surface area contributed by atoms with Crippen LogP contribution in [0.5, 0.6) is 0 Å². The molecule has 0 saturated heterocycles. The SMILES string of the molecule is CCCC(C)Nc1ncccn1. The predicted octanol–water partition coefficient (Wildman–Crippen LogP) is 2.08. The van der Waals surface area contributed by atoms with Gasteiger partial charge in [-0.15, -0.1) is 0 Å². The van der Waals surface area contributed by atoms with Crippen molar-refractivity contribution in [1.29, 1.82) is 0 Å². The lowest BCUT2D eigenvalue weighted by atomic mass is 10.2. The van der Waals surface area contributed by atoms with Crippen LogP contribution in [0, 0.1) is 0 Å². The van der Waals surface area contributed by atoms with Gasteiger partial charge in [-0.3, -0.25) is 0 Å². The van der Waals surface area contributed by atoms with Crippen LogP contribution >= 0.6 is 0 Å². The van der Waals surface area contributed by atoms with Crippen LogP contribution < -0.4 is 5.32 Å². The summed E-state index contributed by atoms with van der Waals surface area (Å²) >= 11 is 0. The number of aromatic nitrogens is 2. The molecule has 0 fully saturated rings. The van der Waals surface area contributed by atoms with E-state index in [1.165, 1.54) is 6.42 Å². The van der Waals surface area contributed by atoms with E-state index in [-0.39, 0.29) is 0 Å². The van der Waals surface area contributed by atoms with Gasteiger partial charge in [-0.05, 0) is 19.4 Å². The van der Waals surface area contributed by atoms with Gasteiger partial charge in [0.1, 0.15) is 0 Å². The number of hydrogen-bond acceptors (Lipinski definition) is 3. The standard InChI is InChI=1S/C9H15N3/c1-3-5-8(2)12-9-10-6-4-7-11-9/h4,6-8H,3,5H2,1-2H3,(H,10,11,12). The summed E-state index contributed by atoms with van der Waals surface area (Å²) in [4.78, 5) is 8.16. The summed E-state index contributed by atoms with van der Waals surface area (Å²) in [6, 6.07) is 2.27. The lowest BCUT2D eigenvalue weighted by molar-refractivity contribution is 0.684. The van der Waals surface area contributed by atoms with Gasteiger partial charge in [0, 0.05) is 18.4 Å². The number of nitrogens with zero attached hydrogens (tertiary/aromatic N) is 2. The third kappa shape index (κ3) is 2.86. The maximum atomic E-state index is 4.08. The van der Waals surface area contributed by atoms with E-state index in [9.17, 15) is 0 Å². The molecule has 12 heavy (non-hydrogen) atoms. The van der Waals surface area contributed by atoms with Crippen molar-refractivity contribution in [2.24, 2.45) is 0 Å². The van der Waals surface area contributed by atoms with Gasteiger partial charge >= 0.3 is 0 Å². The fraction of sp³-hybridized carbons (Fsp3) is 0.556. The van der Waals surface area contributed by atoms with Crippen LogP contribution in [0.15, 0.2) is 18.5 Å². The Balaban J connectivity index is 2.41. The molecule has 0 radical (unpaired) electrons. The van der Waals surface area contributed by atoms with Gasteiger partial charge in [-0.2, -0.15) is 0 Å². The first kappa shape index (κ1) is 8.97. The molecule has 3 nitrogen and oxygen atoms in total. The molecule has 1 aromatic rings. The summed E-state index contributed by atoms with van der Waals surface area (Å²) in [6.45, 7) is 4.31. The normalized spacial score (nSPS) is 12.5. The van der Waals surface area contributed by atoms with Crippen LogP contribution in [0.4, 0.5) is 5.95 Å². The maximum absolute atomic E-state index is 4.08. The highest BCUT2D eigenvalue weighted by Crippen LogP contribution is 2.02. The molecule has 0 saturated carbocycles. The molecule has 0 amide bonds. The first-order chi connectivity index (χ1) is 5.83. The summed E-state index contributed by atoms with van der Waals surface area (Å²) in [6.07, 6.45) is 5.82. The molecule has 3 heteroatoms. The van der Waals surface area contributed by atoms with Crippen LogP contribution in [0.25, 0.3) is 0 Å². The van der Waals surface area contributed by atoms with Crippen molar-refractivity contribution in [3.8, 4) is 0 Å². The molecule has 0 aromatic carbocycles. The van der Waals surface area contributed by atoms with Crippen molar-refractivity contribution >= 4 is 5.95 Å². The number of nitrogens with one attached hydrogen (secondary N) is 1. The quantitative estimate of drug-likeness (QED) is 0.742. The van der Waals surface area contributed by atoms with Crippen molar-refractivity contribution in [3.63, 3.8) is 0 Å². The molecule has 1 rings (SSSR count). The minimum atomic E-state index is 0.456. The van der Waals surface area contributed by atoms with Crippen molar-refractivity contribution in [2.45, 2.75) is 32.7 Å². The van der Waals surface area contributed by atoms with Crippen molar-refractivity contribution < 1.29 is 0 Å². The lowest BCUT2D eigenvalue weighted by Gasteiger charge is -2.11. The van der Waals surface area contributed by atoms with Gasteiger partial charge in [0.25, 0.3) is 0 Å². The van der Waals surface area contributed by atoms with E-state index in [2.05, 4.69) is 29.1 Å². The smallest absolute Gasteiger partial charge is 0.222 e. The fourth-order valence-corrected chi connectivity index (χ4v) is 1.10. The van der Waals surface area contributed by atoms with E-state index in [1.807, 2.05) is 6.07 Å². The van der Waals surface area contributed by atoms with Crippen LogP contribution in [0.1, 0.15) is 26.7 Å². The van der Waals surface area contributed by atoms with Gasteiger partial charge < -0.3 is 5.32 Å². The van der Waals surface area contributed by atoms with Gasteiger partial charge in [0.2, 0.25) is 5.95 Å². The first-order valence-corrected chi connectivity index (χ1v) is 4.36. The predicted molar refractivity (Wildman–Crippen MR) is 50.0 cm³/mol. The summed E-state index contributed by atoms with van der Waals surface area (Å²) in [5.74, 6) is 0.721. The van der Waals surface area contributed by atoms with E-state index in [0.29, 0.717) is 6.04 Å². The fourth-order valence-electron chi connectivity index (χ4n) is 1.10. The Morgan fingerprint density at radius 1 is 1.42 bits per heavy atom. The van der Waals surface area contributed by atoms with Crippen molar-refractivity contribution in [1.82, 2.24) is 9.97 Å². The molecular weight excluding hydrogens is 150 g/mol. The van der Waals surface area contributed by atoms with Gasteiger partial charge in [0.15, 0.2) is 0 Å². The Morgan fingerprint density at radius 3 is 2.67 bits per heavy atom. The molecule has 0 aliphatic heterocycles. The van der Waals surface area contributed by atoms with Crippen LogP contribution in [0.2, 0.25) is 0 Å². The summed E-state index contributed by atoms with van der Waals surface area (Å²) in [5.41, 5.74) is 0. The van der Waals surface area contributed by atoms with Gasteiger partial charge in [-0.25, -0.2) is 9.97 Å². The van der Waals surface area contributed by atoms with E-state index in [4.69, 9.17) is 0 Å². The number of hydrogen-bond donors (Lipinski definition) is 1. The average Bonchev–Trinajstić information content (AvgIpc) is 2.06. The van der Waals surface area contributed by atoms with Gasteiger partial charge in [-0.1, -0.05) is 13.3 Å². The Labute approximate surface area is 73.2 Å². The Morgan fingerprint density at radius 2 is 2.08 bits per heavy atom. The van der Waals surface area contributed by atoms with E-state index in [1.54, 1.807) is 12.4 Å². The molecule has 1 N–H and O–H groups in total. The zero-order chi connectivity index (χ0) is 8.81. The summed E-state index contributed by atoms with van der Waals surface area (Å²) in [7, 11) is 0. The van der Waals surface area contributed by atoms with E-state index in [0.717, 1.165) is 12.4 Å². The molecule has 1 atom stereocenters. The average molecular weight is 165 g/mol. The van der Waals surface area contributed by atoms with Gasteiger partial charge in [0.05, 0.1) is 0 Å². The molecular formula is C9H15N3. The number of rotatable bonds is 4. The monoisotopic (exact) mass is 165 g/mol. The third-order valence-corrected chi connectivity index (χ3v) is 1.66. The third-order valence-electron chi connectivity index (χ3n) is 1.66. The van der Waals surface area contributed by atoms with E-state index >= 15 is 0 Å². The van der Waals surface area contributed by atoms with Crippen LogP contribution in [-0.2, 0) is 0 Å². The van der Waals surface area contributed by atoms with E-state index < -0.39 is 0 Å². The second kappa shape index (κ2) is 4.70. The molecule has 0 aliphatic rings. The topological polar surface area (TPSA) is 37.8 Å². The first-order valence-electron chi connectivity index (χ1n) is 4.36. The highest BCUT2D eigenvalue weighted by Gasteiger charge is 2.00. The molecule has 0 bridgehead atoms. The second-order valence-corrected chi connectivity index (χ2v) is 2.91. The Hall–Kier alpha value is -1.12. The highest BCUT2D eigenvalue weighted by atomic mass is 15.1. The summed E-state index contributed by atoms with van der Waals surface area (Å²) < 4.78 is 0. The Bertz CT molecular complexity index is 210. The molecule has 66 valence electrons. The largest absolute Gasteiger partial charge is 0.352 e. The maximum Gasteiger partial charge on any atom is 0.222 e. The molecule has 0 spiro atoms. The molecule has 1 aromatic heterocycles. The molecule has 1 unspecified atom stereocenters. The molecule has 0 aliphatic carbocycles. The van der Waals surface area contributed by atoms with Crippen LogP contribution in [0.3, 0.4) is 0 Å².